The van der Waals surface area contributed by atoms with E-state index >= 15 is 0 Å². The lowest BCUT2D eigenvalue weighted by Gasteiger charge is -2.13. The van der Waals surface area contributed by atoms with Crippen LogP contribution in [0, 0.1) is 0 Å². The van der Waals surface area contributed by atoms with Crippen LogP contribution >= 0.6 is 11.7 Å². The molecule has 0 aromatic carbocycles. The molecular weight excluding hydrogens is 214 g/mol. The van der Waals surface area contributed by atoms with Crippen LogP contribution in [0.4, 0.5) is 0 Å². The van der Waals surface area contributed by atoms with Crippen LogP contribution in [0.1, 0.15) is 16.1 Å². The van der Waals surface area contributed by atoms with Crippen molar-refractivity contribution in [2.75, 3.05) is 7.05 Å². The van der Waals surface area contributed by atoms with Crippen molar-refractivity contribution in [3.8, 4) is 0 Å². The quantitative estimate of drug-likeness (QED) is 0.823. The van der Waals surface area contributed by atoms with Gasteiger partial charge in [-0.25, -0.2) is 0 Å². The van der Waals surface area contributed by atoms with E-state index in [1.54, 1.807) is 24.3 Å². The summed E-state index contributed by atoms with van der Waals surface area (Å²) in [6, 6.07) is 0. The molecule has 0 saturated heterocycles. The van der Waals surface area contributed by atoms with Gasteiger partial charge in [0.25, 0.3) is 5.91 Å². The van der Waals surface area contributed by atoms with Crippen molar-refractivity contribution in [2.45, 2.75) is 6.54 Å². The zero-order chi connectivity index (χ0) is 10.7. The molecule has 0 radical (unpaired) electrons. The Morgan fingerprint density at radius 2 is 2.47 bits per heavy atom. The highest BCUT2D eigenvalue weighted by atomic mass is 32.1. The van der Waals surface area contributed by atoms with Gasteiger partial charge in [-0.15, -0.1) is 0 Å². The Bertz CT molecular complexity index is 424. The second-order valence-corrected chi connectivity index (χ2v) is 3.62. The largest absolute Gasteiger partial charge is 0.336 e. The second-order valence-electron chi connectivity index (χ2n) is 3.06. The summed E-state index contributed by atoms with van der Waals surface area (Å²) in [6.45, 7) is 0.507. The molecule has 2 aromatic rings. The molecule has 0 aliphatic heterocycles. The molecule has 0 bridgehead atoms. The van der Waals surface area contributed by atoms with Gasteiger partial charge in [0.05, 0.1) is 24.1 Å². The van der Waals surface area contributed by atoms with Crippen LogP contribution in [0.5, 0.6) is 0 Å². The Hall–Kier alpha value is -1.76. The van der Waals surface area contributed by atoms with E-state index in [0.29, 0.717) is 12.2 Å². The molecule has 0 aliphatic carbocycles. The van der Waals surface area contributed by atoms with E-state index in [4.69, 9.17) is 0 Å². The zero-order valence-corrected chi connectivity index (χ0v) is 8.86. The molecule has 2 rings (SSSR count). The number of nitrogens with one attached hydrogen (secondary N) is 1. The molecule has 78 valence electrons. The summed E-state index contributed by atoms with van der Waals surface area (Å²) in [6.07, 6.45) is 4.91. The molecule has 0 saturated carbocycles. The van der Waals surface area contributed by atoms with Crippen molar-refractivity contribution in [1.82, 2.24) is 23.8 Å². The molecule has 0 spiro atoms. The fraction of sp³-hybridized carbons (Fsp3) is 0.250. The molecule has 2 heterocycles. The highest BCUT2D eigenvalue weighted by Gasteiger charge is 2.14. The van der Waals surface area contributed by atoms with Gasteiger partial charge in [-0.3, -0.25) is 9.89 Å². The maximum atomic E-state index is 11.7. The SMILES string of the molecule is CN(Cc1cn[nH]c1)C(=O)c1cnsn1. The fourth-order valence-electron chi connectivity index (χ4n) is 1.16. The minimum Gasteiger partial charge on any atom is -0.336 e. The summed E-state index contributed by atoms with van der Waals surface area (Å²) >= 11 is 1.03. The average Bonchev–Trinajstić information content (AvgIpc) is 2.88. The number of amides is 1. The van der Waals surface area contributed by atoms with Crippen molar-refractivity contribution < 1.29 is 4.79 Å². The van der Waals surface area contributed by atoms with Gasteiger partial charge in [0.2, 0.25) is 0 Å². The molecule has 1 N–H and O–H groups in total. The summed E-state index contributed by atoms with van der Waals surface area (Å²) in [5.74, 6) is -0.134. The normalized spacial score (nSPS) is 10.2. The Labute approximate surface area is 90.3 Å². The van der Waals surface area contributed by atoms with E-state index < -0.39 is 0 Å². The first-order chi connectivity index (χ1) is 7.27. The Morgan fingerprint density at radius 3 is 3.07 bits per heavy atom. The van der Waals surface area contributed by atoms with Crippen molar-refractivity contribution in [1.29, 1.82) is 0 Å². The van der Waals surface area contributed by atoms with E-state index in [-0.39, 0.29) is 5.91 Å². The molecule has 0 atom stereocenters. The van der Waals surface area contributed by atoms with E-state index in [1.807, 2.05) is 0 Å². The van der Waals surface area contributed by atoms with E-state index in [2.05, 4.69) is 18.9 Å². The van der Waals surface area contributed by atoms with Crippen LogP contribution in [-0.2, 0) is 6.54 Å². The molecule has 0 unspecified atom stereocenters. The van der Waals surface area contributed by atoms with Crippen LogP contribution in [0.3, 0.4) is 0 Å². The smallest absolute Gasteiger partial charge is 0.275 e. The van der Waals surface area contributed by atoms with Gasteiger partial charge in [-0.2, -0.15) is 13.8 Å². The van der Waals surface area contributed by atoms with Gasteiger partial charge < -0.3 is 4.90 Å². The summed E-state index contributed by atoms with van der Waals surface area (Å²) in [5.41, 5.74) is 1.33. The summed E-state index contributed by atoms with van der Waals surface area (Å²) in [5, 5.41) is 6.50. The molecule has 15 heavy (non-hydrogen) atoms. The summed E-state index contributed by atoms with van der Waals surface area (Å²) < 4.78 is 7.67. The predicted octanol–water partition coefficient (Wildman–Crippen LogP) is 0.533. The Kier molecular flexibility index (Phi) is 2.72. The number of aromatic nitrogens is 4. The van der Waals surface area contributed by atoms with Crippen LogP contribution in [-0.4, -0.2) is 36.8 Å². The van der Waals surface area contributed by atoms with Crippen molar-refractivity contribution in [3.63, 3.8) is 0 Å². The Balaban J connectivity index is 2.03. The van der Waals surface area contributed by atoms with Gasteiger partial charge in [0, 0.05) is 25.4 Å². The number of carbonyl (C=O) groups excluding carboxylic acids is 1. The summed E-state index contributed by atoms with van der Waals surface area (Å²) in [7, 11) is 1.72. The average molecular weight is 223 g/mol. The number of nitrogens with zero attached hydrogens (tertiary/aromatic N) is 4. The highest BCUT2D eigenvalue weighted by Crippen LogP contribution is 2.05. The third kappa shape index (κ3) is 2.18. The monoisotopic (exact) mass is 223 g/mol. The van der Waals surface area contributed by atoms with Crippen LogP contribution in [0.15, 0.2) is 18.6 Å². The second kappa shape index (κ2) is 4.18. The number of rotatable bonds is 3. The third-order valence-electron chi connectivity index (χ3n) is 1.90. The lowest BCUT2D eigenvalue weighted by atomic mass is 10.3. The number of H-pyrrole nitrogens is 1. The van der Waals surface area contributed by atoms with Gasteiger partial charge in [0.1, 0.15) is 0 Å². The van der Waals surface area contributed by atoms with Crippen LogP contribution in [0.2, 0.25) is 0 Å². The standard InChI is InChI=1S/C8H9N5OS/c1-13(5-6-2-9-10-3-6)8(14)7-4-11-15-12-7/h2-4H,5H2,1H3,(H,9,10). The molecule has 0 fully saturated rings. The first kappa shape index (κ1) is 9.78. The van der Waals surface area contributed by atoms with Gasteiger partial charge in [-0.05, 0) is 0 Å². The van der Waals surface area contributed by atoms with Crippen molar-refractivity contribution in [2.24, 2.45) is 0 Å². The van der Waals surface area contributed by atoms with Crippen molar-refractivity contribution in [3.05, 3.63) is 29.8 Å². The molecule has 1 amide bonds. The Morgan fingerprint density at radius 1 is 1.60 bits per heavy atom. The highest BCUT2D eigenvalue weighted by molar-refractivity contribution is 6.99. The number of aromatic amines is 1. The fourth-order valence-corrected chi connectivity index (χ4v) is 1.57. The van der Waals surface area contributed by atoms with Crippen LogP contribution < -0.4 is 0 Å². The molecule has 2 aromatic heterocycles. The number of hydrogen-bond donors (Lipinski definition) is 1. The molecule has 6 nitrogen and oxygen atoms in total. The lowest BCUT2D eigenvalue weighted by Crippen LogP contribution is -2.26. The maximum Gasteiger partial charge on any atom is 0.275 e. The number of carbonyl (C=O) groups is 1. The first-order valence-corrected chi connectivity index (χ1v) is 5.01. The number of hydrogen-bond acceptors (Lipinski definition) is 5. The first-order valence-electron chi connectivity index (χ1n) is 4.28. The van der Waals surface area contributed by atoms with E-state index in [0.717, 1.165) is 17.3 Å². The van der Waals surface area contributed by atoms with Gasteiger partial charge in [0.15, 0.2) is 5.69 Å². The molecule has 7 heteroatoms. The predicted molar refractivity (Wildman–Crippen MR) is 54.3 cm³/mol. The summed E-state index contributed by atoms with van der Waals surface area (Å²) in [4.78, 5) is 13.3. The lowest BCUT2D eigenvalue weighted by molar-refractivity contribution is 0.0780. The maximum absolute atomic E-state index is 11.7. The minimum absolute atomic E-state index is 0.134. The van der Waals surface area contributed by atoms with Crippen molar-refractivity contribution >= 4 is 17.6 Å². The van der Waals surface area contributed by atoms with Crippen LogP contribution in [0.25, 0.3) is 0 Å². The van der Waals surface area contributed by atoms with E-state index in [1.165, 1.54) is 6.20 Å². The minimum atomic E-state index is -0.134. The van der Waals surface area contributed by atoms with E-state index in [9.17, 15) is 4.79 Å². The topological polar surface area (TPSA) is 74.8 Å². The van der Waals surface area contributed by atoms with Gasteiger partial charge in [-0.1, -0.05) is 0 Å². The molecule has 0 aliphatic rings. The molecular formula is C8H9N5OS. The zero-order valence-electron chi connectivity index (χ0n) is 8.04. The third-order valence-corrected chi connectivity index (χ3v) is 2.38. The van der Waals surface area contributed by atoms with Gasteiger partial charge >= 0.3 is 0 Å².